The summed E-state index contributed by atoms with van der Waals surface area (Å²) in [4.78, 5) is 27.4. The molecule has 1 amide bonds. The number of likely N-dealkylation sites (tertiary alicyclic amines) is 1. The molecule has 0 aliphatic carbocycles. The third kappa shape index (κ3) is 5.40. The number of amides is 1. The fraction of sp³-hybridized carbons (Fsp3) is 0.156. The smallest absolute Gasteiger partial charge is 0.252 e. The third-order valence-electron chi connectivity index (χ3n) is 7.19. The zero-order valence-corrected chi connectivity index (χ0v) is 23.3. The van der Waals surface area contributed by atoms with Gasteiger partial charge in [-0.2, -0.15) is 5.10 Å². The summed E-state index contributed by atoms with van der Waals surface area (Å²) < 4.78 is 7.78. The van der Waals surface area contributed by atoms with Gasteiger partial charge in [-0.3, -0.25) is 4.79 Å². The molecule has 1 atom stereocenters. The highest BCUT2D eigenvalue weighted by Gasteiger charge is 2.30. The van der Waals surface area contributed by atoms with E-state index in [0.717, 1.165) is 24.2 Å². The van der Waals surface area contributed by atoms with Gasteiger partial charge in [0.2, 0.25) is 0 Å². The lowest BCUT2D eigenvalue weighted by Crippen LogP contribution is -2.41. The summed E-state index contributed by atoms with van der Waals surface area (Å²) >= 11 is 6.27. The Balaban J connectivity index is 1.29. The van der Waals surface area contributed by atoms with Gasteiger partial charge in [0.1, 0.15) is 29.3 Å². The number of piperidine rings is 1. The molecule has 1 aliphatic heterocycles. The van der Waals surface area contributed by atoms with E-state index >= 15 is 0 Å². The quantitative estimate of drug-likeness (QED) is 0.180. The molecule has 2 aromatic heterocycles. The van der Waals surface area contributed by atoms with Crippen molar-refractivity contribution in [2.75, 3.05) is 18.8 Å². The van der Waals surface area contributed by atoms with Gasteiger partial charge in [-0.05, 0) is 66.9 Å². The van der Waals surface area contributed by atoms with Crippen LogP contribution < -0.4 is 10.5 Å². The molecule has 10 heteroatoms. The third-order valence-corrected chi connectivity index (χ3v) is 7.54. The van der Waals surface area contributed by atoms with E-state index in [1.807, 2.05) is 65.3 Å². The summed E-state index contributed by atoms with van der Waals surface area (Å²) in [5.41, 5.74) is 9.07. The van der Waals surface area contributed by atoms with Gasteiger partial charge >= 0.3 is 0 Å². The van der Waals surface area contributed by atoms with Gasteiger partial charge in [0.25, 0.3) is 11.6 Å². The first-order valence-corrected chi connectivity index (χ1v) is 13.8. The summed E-state index contributed by atoms with van der Waals surface area (Å²) in [6.07, 6.45) is 4.50. The molecule has 42 heavy (non-hydrogen) atoms. The molecule has 5 aromatic rings. The summed E-state index contributed by atoms with van der Waals surface area (Å²) in [6.45, 7) is 8.57. The highest BCUT2D eigenvalue weighted by molar-refractivity contribution is 6.32. The molecule has 208 valence electrons. The Labute approximate surface area is 247 Å². The minimum Gasteiger partial charge on any atom is -0.457 e. The number of fused-ring (bicyclic) bond motifs is 1. The average molecular weight is 576 g/mol. The van der Waals surface area contributed by atoms with E-state index in [4.69, 9.17) is 33.7 Å². The topological polar surface area (TPSA) is 104 Å². The first-order chi connectivity index (χ1) is 20.5. The minimum atomic E-state index is -0.338. The van der Waals surface area contributed by atoms with Gasteiger partial charge in [0.05, 0.1) is 18.0 Å². The van der Waals surface area contributed by atoms with Crippen LogP contribution in [0.2, 0.25) is 5.02 Å². The predicted octanol–water partition coefficient (Wildman–Crippen LogP) is 6.65. The standard InChI is InChI=1S/C32H26ClN7O2/c1-35-27(18-22-8-5-6-12-26(22)33)32(41)39-17-7-9-23(19-39)40-31-28(30(34)36-20-37-31)29(38-40)21-13-15-25(16-14-21)42-24-10-3-2-4-11-24/h2-6,8,10-16,18,20,23H,7,9,17,19H2,(H2,34,36,37)/b27-18-. The van der Waals surface area contributed by atoms with Gasteiger partial charge in [0.15, 0.2) is 5.65 Å². The number of carbonyl (C=O) groups excluding carboxylic acids is 1. The van der Waals surface area contributed by atoms with Crippen LogP contribution in [0.15, 0.2) is 90.9 Å². The maximum absolute atomic E-state index is 13.4. The molecule has 6 rings (SSSR count). The van der Waals surface area contributed by atoms with E-state index in [2.05, 4.69) is 14.8 Å². The number of hydrogen-bond donors (Lipinski definition) is 1. The van der Waals surface area contributed by atoms with Crippen LogP contribution in [-0.4, -0.2) is 43.6 Å². The summed E-state index contributed by atoms with van der Waals surface area (Å²) in [5.74, 6) is 1.43. The molecule has 2 N–H and O–H groups in total. The Bertz CT molecular complexity index is 1830. The Morgan fingerprint density at radius 2 is 1.76 bits per heavy atom. The van der Waals surface area contributed by atoms with E-state index in [0.29, 0.717) is 52.0 Å². The van der Waals surface area contributed by atoms with Crippen LogP contribution >= 0.6 is 11.6 Å². The number of para-hydroxylation sites is 1. The molecule has 0 radical (unpaired) electrons. The Morgan fingerprint density at radius 3 is 2.52 bits per heavy atom. The number of rotatable bonds is 6. The molecular weight excluding hydrogens is 550 g/mol. The lowest BCUT2D eigenvalue weighted by atomic mass is 10.0. The van der Waals surface area contributed by atoms with E-state index in [-0.39, 0.29) is 17.6 Å². The number of nitrogen functional groups attached to an aromatic ring is 1. The molecule has 3 aromatic carbocycles. The van der Waals surface area contributed by atoms with Crippen LogP contribution in [0.25, 0.3) is 33.2 Å². The molecule has 0 saturated carbocycles. The van der Waals surface area contributed by atoms with Crippen LogP contribution in [-0.2, 0) is 4.79 Å². The monoisotopic (exact) mass is 575 g/mol. The van der Waals surface area contributed by atoms with Gasteiger partial charge in [0, 0.05) is 23.7 Å². The van der Waals surface area contributed by atoms with E-state index < -0.39 is 0 Å². The lowest BCUT2D eigenvalue weighted by molar-refractivity contribution is -0.128. The largest absolute Gasteiger partial charge is 0.457 e. The molecule has 0 bridgehead atoms. The number of aromatic nitrogens is 4. The number of nitrogens with zero attached hydrogens (tertiary/aromatic N) is 6. The van der Waals surface area contributed by atoms with E-state index in [1.54, 1.807) is 29.2 Å². The minimum absolute atomic E-state index is 0.0131. The highest BCUT2D eigenvalue weighted by Crippen LogP contribution is 2.35. The second-order valence-corrected chi connectivity index (χ2v) is 10.3. The van der Waals surface area contributed by atoms with Crippen molar-refractivity contribution in [3.63, 3.8) is 0 Å². The normalized spacial score (nSPS) is 15.4. The summed E-state index contributed by atoms with van der Waals surface area (Å²) in [6, 6.07) is 24.1. The van der Waals surface area contributed by atoms with Gasteiger partial charge in [-0.15, -0.1) is 0 Å². The molecule has 1 saturated heterocycles. The van der Waals surface area contributed by atoms with Crippen LogP contribution in [0, 0.1) is 6.57 Å². The number of hydrogen-bond acceptors (Lipinski definition) is 6. The van der Waals surface area contributed by atoms with Crippen LogP contribution in [0.4, 0.5) is 5.82 Å². The Hall–Kier alpha value is -5.20. The molecule has 0 spiro atoms. The summed E-state index contributed by atoms with van der Waals surface area (Å²) in [7, 11) is 0. The molecule has 1 fully saturated rings. The lowest BCUT2D eigenvalue weighted by Gasteiger charge is -2.33. The van der Waals surface area contributed by atoms with Crippen molar-refractivity contribution in [2.24, 2.45) is 0 Å². The van der Waals surface area contributed by atoms with Crippen LogP contribution in [0.1, 0.15) is 24.4 Å². The highest BCUT2D eigenvalue weighted by atomic mass is 35.5. The van der Waals surface area contributed by atoms with Crippen molar-refractivity contribution >= 4 is 40.4 Å². The SMILES string of the molecule is [C-]#[N+]/C(=C\c1ccccc1Cl)C(=O)N1CCCC(n2nc(-c3ccc(Oc4ccccc4)cc3)c3c(N)ncnc32)C1. The number of nitrogens with two attached hydrogens (primary N) is 1. The van der Waals surface area contributed by atoms with E-state index in [9.17, 15) is 4.79 Å². The molecule has 3 heterocycles. The van der Waals surface area contributed by atoms with Crippen molar-refractivity contribution < 1.29 is 9.53 Å². The van der Waals surface area contributed by atoms with E-state index in [1.165, 1.54) is 6.33 Å². The first-order valence-electron chi connectivity index (χ1n) is 13.5. The fourth-order valence-corrected chi connectivity index (χ4v) is 5.33. The first kappa shape index (κ1) is 27.0. The number of anilines is 1. The van der Waals surface area contributed by atoms with Crippen molar-refractivity contribution in [1.82, 2.24) is 24.6 Å². The number of benzene rings is 3. The molecule has 1 aliphatic rings. The van der Waals surface area contributed by atoms with Crippen molar-refractivity contribution in [1.29, 1.82) is 0 Å². The molecular formula is C32H26ClN7O2. The maximum atomic E-state index is 13.4. The zero-order chi connectivity index (χ0) is 29.1. The zero-order valence-electron chi connectivity index (χ0n) is 22.5. The Morgan fingerprint density at radius 1 is 1.02 bits per heavy atom. The number of halogens is 1. The molecule has 9 nitrogen and oxygen atoms in total. The van der Waals surface area contributed by atoms with Crippen molar-refractivity contribution in [3.05, 3.63) is 113 Å². The second kappa shape index (κ2) is 11.7. The average Bonchev–Trinajstić information content (AvgIpc) is 3.42. The van der Waals surface area contributed by atoms with Crippen molar-refractivity contribution in [3.8, 4) is 22.8 Å². The van der Waals surface area contributed by atoms with Gasteiger partial charge in [-0.1, -0.05) is 48.0 Å². The fourth-order valence-electron chi connectivity index (χ4n) is 5.14. The number of carbonyl (C=O) groups is 1. The van der Waals surface area contributed by atoms with Gasteiger partial charge in [-0.25, -0.2) is 19.5 Å². The maximum Gasteiger partial charge on any atom is 0.252 e. The van der Waals surface area contributed by atoms with Crippen LogP contribution in [0.5, 0.6) is 11.5 Å². The van der Waals surface area contributed by atoms with Gasteiger partial charge < -0.3 is 15.4 Å². The Kier molecular flexibility index (Phi) is 7.54. The van der Waals surface area contributed by atoms with Crippen LogP contribution in [0.3, 0.4) is 0 Å². The van der Waals surface area contributed by atoms with Crippen molar-refractivity contribution in [2.45, 2.75) is 18.9 Å². The molecule has 1 unspecified atom stereocenters. The second-order valence-electron chi connectivity index (χ2n) is 9.90. The number of ether oxygens (including phenoxy) is 1. The summed E-state index contributed by atoms with van der Waals surface area (Å²) in [5, 5.41) is 6.09. The predicted molar refractivity (Wildman–Crippen MR) is 163 cm³/mol.